The van der Waals surface area contributed by atoms with Crippen LogP contribution in [0.25, 0.3) is 5.57 Å². The summed E-state index contributed by atoms with van der Waals surface area (Å²) in [5, 5.41) is 2.50. The molecular formula is C26H31N3O6. The molecule has 2 aromatic rings. The molecule has 1 aromatic carbocycles. The van der Waals surface area contributed by atoms with E-state index in [0.29, 0.717) is 25.3 Å². The topological polar surface area (TPSA) is 107 Å². The minimum Gasteiger partial charge on any atom is -0.486 e. The summed E-state index contributed by atoms with van der Waals surface area (Å²) in [4.78, 5) is 42.4. The second kappa shape index (κ2) is 11.5. The first-order valence-electron chi connectivity index (χ1n) is 11.4. The quantitative estimate of drug-likeness (QED) is 0.602. The first-order chi connectivity index (χ1) is 16.7. The first-order valence-corrected chi connectivity index (χ1v) is 11.4. The molecule has 9 heteroatoms. The van der Waals surface area contributed by atoms with Gasteiger partial charge < -0.3 is 24.4 Å². The molecule has 0 bridgehead atoms. The number of ether oxygens (including phenoxy) is 3. The number of rotatable bonds is 7. The summed E-state index contributed by atoms with van der Waals surface area (Å²) in [7, 11) is 1.25. The van der Waals surface area contributed by atoms with E-state index >= 15 is 0 Å². The molecule has 1 aliphatic rings. The molecule has 2 amide bonds. The van der Waals surface area contributed by atoms with Gasteiger partial charge in [0.2, 0.25) is 0 Å². The van der Waals surface area contributed by atoms with Gasteiger partial charge in [0.05, 0.1) is 7.11 Å². The standard InChI is InChI=1S/C26H31N3O6/c1-26(2,3)35-25(32)29-12-10-19(11-13-29)20-14-21(34-17-18-8-6-5-7-9-18)23(27-15-20)24(31)28-16-22(30)33-4/h5-10,14-15H,11-13,16-17H2,1-4H3,(H,28,31). The van der Waals surface area contributed by atoms with Crippen LogP contribution in [-0.4, -0.2) is 60.2 Å². The molecule has 1 aromatic heterocycles. The van der Waals surface area contributed by atoms with Gasteiger partial charge in [-0.2, -0.15) is 0 Å². The largest absolute Gasteiger partial charge is 0.486 e. The van der Waals surface area contributed by atoms with Gasteiger partial charge >= 0.3 is 12.1 Å². The summed E-state index contributed by atoms with van der Waals surface area (Å²) < 4.78 is 16.0. The van der Waals surface area contributed by atoms with Crippen LogP contribution in [0.1, 0.15) is 48.8 Å². The van der Waals surface area contributed by atoms with Crippen LogP contribution < -0.4 is 10.1 Å². The van der Waals surface area contributed by atoms with Gasteiger partial charge in [-0.3, -0.25) is 9.59 Å². The summed E-state index contributed by atoms with van der Waals surface area (Å²) in [6, 6.07) is 11.3. The van der Waals surface area contributed by atoms with Gasteiger partial charge in [-0.25, -0.2) is 9.78 Å². The van der Waals surface area contributed by atoms with E-state index in [4.69, 9.17) is 9.47 Å². The van der Waals surface area contributed by atoms with Crippen molar-refractivity contribution in [3.63, 3.8) is 0 Å². The fraction of sp³-hybridized carbons (Fsp3) is 0.385. The lowest BCUT2D eigenvalue weighted by molar-refractivity contribution is -0.139. The van der Waals surface area contributed by atoms with E-state index in [-0.39, 0.29) is 24.9 Å². The number of nitrogens with one attached hydrogen (secondary N) is 1. The molecule has 0 saturated carbocycles. The number of carbonyl (C=O) groups excluding carboxylic acids is 3. The lowest BCUT2D eigenvalue weighted by Crippen LogP contribution is -2.39. The highest BCUT2D eigenvalue weighted by Gasteiger charge is 2.25. The Hall–Kier alpha value is -3.88. The van der Waals surface area contributed by atoms with Crippen molar-refractivity contribution < 1.29 is 28.6 Å². The van der Waals surface area contributed by atoms with Gasteiger partial charge in [0, 0.05) is 19.3 Å². The van der Waals surface area contributed by atoms with E-state index in [1.54, 1.807) is 17.2 Å². The van der Waals surface area contributed by atoms with E-state index in [1.165, 1.54) is 7.11 Å². The van der Waals surface area contributed by atoms with Crippen molar-refractivity contribution in [2.45, 2.75) is 39.4 Å². The van der Waals surface area contributed by atoms with Crippen LogP contribution in [0.2, 0.25) is 0 Å². The Balaban J connectivity index is 1.79. The predicted octanol–water partition coefficient (Wildman–Crippen LogP) is 3.59. The predicted molar refractivity (Wildman–Crippen MR) is 130 cm³/mol. The third-order valence-electron chi connectivity index (χ3n) is 5.16. The number of esters is 1. The van der Waals surface area contributed by atoms with Crippen LogP contribution in [0.4, 0.5) is 4.79 Å². The van der Waals surface area contributed by atoms with Crippen molar-refractivity contribution >= 4 is 23.5 Å². The normalized spacial score (nSPS) is 13.5. The Kier molecular flexibility index (Phi) is 8.46. The summed E-state index contributed by atoms with van der Waals surface area (Å²) in [5.41, 5.74) is 2.23. The smallest absolute Gasteiger partial charge is 0.410 e. The number of benzene rings is 1. The van der Waals surface area contributed by atoms with E-state index in [2.05, 4.69) is 15.0 Å². The van der Waals surface area contributed by atoms with Crippen LogP contribution in [0.5, 0.6) is 5.75 Å². The Bertz CT molecular complexity index is 1090. The van der Waals surface area contributed by atoms with Crippen molar-refractivity contribution in [3.8, 4) is 5.75 Å². The van der Waals surface area contributed by atoms with E-state index in [0.717, 1.165) is 16.7 Å². The zero-order valence-corrected chi connectivity index (χ0v) is 20.5. The number of amides is 2. The number of pyridine rings is 1. The van der Waals surface area contributed by atoms with Crippen LogP contribution >= 0.6 is 0 Å². The number of hydrogen-bond acceptors (Lipinski definition) is 7. The number of methoxy groups -OCH3 is 1. The number of nitrogens with zero attached hydrogens (tertiary/aromatic N) is 2. The molecular weight excluding hydrogens is 450 g/mol. The zero-order chi connectivity index (χ0) is 25.4. The minimum absolute atomic E-state index is 0.0698. The van der Waals surface area contributed by atoms with Crippen molar-refractivity contribution in [1.29, 1.82) is 0 Å². The van der Waals surface area contributed by atoms with Gasteiger partial charge in [0.15, 0.2) is 11.4 Å². The third-order valence-corrected chi connectivity index (χ3v) is 5.16. The maximum atomic E-state index is 12.7. The fourth-order valence-corrected chi connectivity index (χ4v) is 3.37. The summed E-state index contributed by atoms with van der Waals surface area (Å²) in [5.74, 6) is -0.813. The number of carbonyl (C=O) groups is 3. The van der Waals surface area contributed by atoms with Crippen molar-refractivity contribution in [2.75, 3.05) is 26.7 Å². The fourth-order valence-electron chi connectivity index (χ4n) is 3.37. The number of hydrogen-bond donors (Lipinski definition) is 1. The molecule has 0 fully saturated rings. The van der Waals surface area contributed by atoms with E-state index < -0.39 is 17.5 Å². The molecule has 35 heavy (non-hydrogen) atoms. The van der Waals surface area contributed by atoms with Gasteiger partial charge in [0.25, 0.3) is 5.91 Å². The Labute approximate surface area is 205 Å². The Morgan fingerprint density at radius 1 is 1.14 bits per heavy atom. The highest BCUT2D eigenvalue weighted by atomic mass is 16.6. The second-order valence-corrected chi connectivity index (χ2v) is 9.01. The molecule has 186 valence electrons. The average molecular weight is 482 g/mol. The molecule has 0 atom stereocenters. The van der Waals surface area contributed by atoms with Gasteiger partial charge in [-0.15, -0.1) is 0 Å². The van der Waals surface area contributed by atoms with Crippen LogP contribution in [0.15, 0.2) is 48.7 Å². The highest BCUT2D eigenvalue weighted by molar-refractivity contribution is 5.97. The van der Waals surface area contributed by atoms with Crippen LogP contribution in [0, 0.1) is 0 Å². The molecule has 0 radical (unpaired) electrons. The summed E-state index contributed by atoms with van der Waals surface area (Å²) >= 11 is 0. The lowest BCUT2D eigenvalue weighted by atomic mass is 10.0. The third kappa shape index (κ3) is 7.56. The monoisotopic (exact) mass is 481 g/mol. The molecule has 0 aliphatic carbocycles. The van der Waals surface area contributed by atoms with Crippen molar-refractivity contribution in [1.82, 2.24) is 15.2 Å². The Morgan fingerprint density at radius 3 is 2.51 bits per heavy atom. The zero-order valence-electron chi connectivity index (χ0n) is 20.5. The molecule has 1 N–H and O–H groups in total. The van der Waals surface area contributed by atoms with Gasteiger partial charge in [-0.05, 0) is 50.0 Å². The van der Waals surface area contributed by atoms with Gasteiger partial charge in [0.1, 0.15) is 18.8 Å². The molecule has 1 aliphatic heterocycles. The molecule has 9 nitrogen and oxygen atoms in total. The second-order valence-electron chi connectivity index (χ2n) is 9.01. The number of aromatic nitrogens is 1. The summed E-state index contributed by atoms with van der Waals surface area (Å²) in [6.07, 6.45) is 3.79. The van der Waals surface area contributed by atoms with Crippen molar-refractivity contribution in [2.24, 2.45) is 0 Å². The maximum Gasteiger partial charge on any atom is 0.410 e. The van der Waals surface area contributed by atoms with Crippen molar-refractivity contribution in [3.05, 3.63) is 65.5 Å². The molecule has 0 spiro atoms. The maximum absolute atomic E-state index is 12.7. The molecule has 2 heterocycles. The Morgan fingerprint density at radius 2 is 1.89 bits per heavy atom. The molecule has 3 rings (SSSR count). The SMILES string of the molecule is COC(=O)CNC(=O)c1ncc(C2=CCN(C(=O)OC(C)(C)C)CC2)cc1OCc1ccccc1. The van der Waals surface area contributed by atoms with E-state index in [1.807, 2.05) is 57.2 Å². The van der Waals surface area contributed by atoms with Gasteiger partial charge in [-0.1, -0.05) is 36.4 Å². The van der Waals surface area contributed by atoms with Crippen LogP contribution in [-0.2, 0) is 20.9 Å². The first kappa shape index (κ1) is 25.7. The summed E-state index contributed by atoms with van der Waals surface area (Å²) in [6.45, 7) is 6.39. The van der Waals surface area contributed by atoms with Crippen LogP contribution in [0.3, 0.4) is 0 Å². The minimum atomic E-state index is -0.566. The molecule has 0 unspecified atom stereocenters. The lowest BCUT2D eigenvalue weighted by Gasteiger charge is -2.29. The van der Waals surface area contributed by atoms with E-state index in [9.17, 15) is 14.4 Å². The molecule has 0 saturated heterocycles. The average Bonchev–Trinajstić information content (AvgIpc) is 2.85. The highest BCUT2D eigenvalue weighted by Crippen LogP contribution is 2.28.